The molecule has 6 heteroatoms. The van der Waals surface area contributed by atoms with Crippen LogP contribution in [0.5, 0.6) is 23.0 Å². The number of phenols is 1. The average Bonchev–Trinajstić information content (AvgIpc) is 3.13. The Hall–Kier alpha value is -4.58. The van der Waals surface area contributed by atoms with Crippen LogP contribution in [0.1, 0.15) is 112 Å². The van der Waals surface area contributed by atoms with E-state index in [4.69, 9.17) is 14.2 Å². The van der Waals surface area contributed by atoms with E-state index in [1.807, 2.05) is 128 Å². The van der Waals surface area contributed by atoms with Gasteiger partial charge in [0.05, 0.1) is 32.5 Å². The molecule has 0 aliphatic heterocycles. The second-order valence-electron chi connectivity index (χ2n) is 9.05. The zero-order valence-electron chi connectivity index (χ0n) is 31.0. The molecule has 47 heavy (non-hydrogen) atoms. The number of phenolic OH excluding ortho intramolecular Hbond substituents is 1. The van der Waals surface area contributed by atoms with E-state index in [1.54, 1.807) is 40.4 Å². The van der Waals surface area contributed by atoms with Gasteiger partial charge in [0, 0.05) is 0 Å². The Morgan fingerprint density at radius 1 is 0.489 bits per heavy atom. The molecule has 0 aromatic heterocycles. The topological polar surface area (TPSA) is 82.1 Å². The molecule has 0 saturated heterocycles. The molecule has 0 aliphatic rings. The van der Waals surface area contributed by atoms with E-state index in [-0.39, 0.29) is 17.3 Å². The van der Waals surface area contributed by atoms with Crippen LogP contribution in [0.25, 0.3) is 0 Å². The number of methoxy groups -OCH3 is 3. The second kappa shape index (κ2) is 26.6. The van der Waals surface area contributed by atoms with Crippen LogP contribution in [0.3, 0.4) is 0 Å². The molecule has 0 saturated carbocycles. The van der Waals surface area contributed by atoms with Crippen LogP contribution in [0.4, 0.5) is 0 Å². The smallest absolute Gasteiger partial charge is 0.163 e. The largest absolute Gasteiger partial charge is 0.507 e. The lowest BCUT2D eigenvalue weighted by Crippen LogP contribution is -1.99. The summed E-state index contributed by atoms with van der Waals surface area (Å²) in [6.07, 6.45) is 1.48. The highest BCUT2D eigenvalue weighted by atomic mass is 16.5. The van der Waals surface area contributed by atoms with Gasteiger partial charge in [-0.3, -0.25) is 9.59 Å². The van der Waals surface area contributed by atoms with E-state index < -0.39 is 0 Å². The van der Waals surface area contributed by atoms with Crippen molar-refractivity contribution in [2.24, 2.45) is 0 Å². The first-order chi connectivity index (χ1) is 22.7. The molecular formula is C41H58O6. The summed E-state index contributed by atoms with van der Waals surface area (Å²) in [4.78, 5) is 23.0. The molecule has 0 fully saturated rings. The number of carbonyl (C=O) groups is 2. The normalized spacial score (nSPS) is 8.96. The molecule has 0 spiro atoms. The van der Waals surface area contributed by atoms with E-state index in [0.29, 0.717) is 23.3 Å². The van der Waals surface area contributed by atoms with E-state index in [1.165, 1.54) is 12.5 Å². The maximum absolute atomic E-state index is 11.6. The molecule has 258 valence electrons. The van der Waals surface area contributed by atoms with Crippen LogP contribution in [0, 0.1) is 0 Å². The number of aromatic hydroxyl groups is 1. The molecule has 6 nitrogen and oxygen atoms in total. The van der Waals surface area contributed by atoms with Crippen LogP contribution in [0.2, 0.25) is 0 Å². The van der Waals surface area contributed by atoms with Gasteiger partial charge in [-0.25, -0.2) is 0 Å². The number of hydrogen-bond donors (Lipinski definition) is 1. The summed E-state index contributed by atoms with van der Waals surface area (Å²) in [7, 11) is 4.86. The fraction of sp³-hybridized carbons (Fsp3) is 0.366. The van der Waals surface area contributed by atoms with Gasteiger partial charge in [0.25, 0.3) is 0 Å². The number of ether oxygens (including phenoxy) is 3. The van der Waals surface area contributed by atoms with Crippen LogP contribution in [-0.4, -0.2) is 38.0 Å². The van der Waals surface area contributed by atoms with Crippen LogP contribution in [-0.2, 0) is 12.8 Å². The highest BCUT2D eigenvalue weighted by Crippen LogP contribution is 2.23. The first-order valence-corrected chi connectivity index (χ1v) is 16.5. The number of ketones is 2. The zero-order chi connectivity index (χ0) is 36.4. The second-order valence-corrected chi connectivity index (χ2v) is 9.05. The predicted molar refractivity (Wildman–Crippen MR) is 198 cm³/mol. The number of hydrogen-bond acceptors (Lipinski definition) is 6. The summed E-state index contributed by atoms with van der Waals surface area (Å²) in [5.74, 6) is 2.20. The molecule has 0 amide bonds. The quantitative estimate of drug-likeness (QED) is 0.182. The third-order valence-electron chi connectivity index (χ3n) is 6.22. The molecule has 0 aliphatic carbocycles. The van der Waals surface area contributed by atoms with Gasteiger partial charge in [0.15, 0.2) is 11.6 Å². The van der Waals surface area contributed by atoms with Gasteiger partial charge in [-0.15, -0.1) is 0 Å². The maximum atomic E-state index is 11.6. The highest BCUT2D eigenvalue weighted by Gasteiger charge is 2.10. The van der Waals surface area contributed by atoms with Crippen molar-refractivity contribution in [2.75, 3.05) is 21.3 Å². The maximum Gasteiger partial charge on any atom is 0.163 e. The van der Waals surface area contributed by atoms with Crippen LogP contribution >= 0.6 is 0 Å². The van der Waals surface area contributed by atoms with Gasteiger partial charge >= 0.3 is 0 Å². The summed E-state index contributed by atoms with van der Waals surface area (Å²) >= 11 is 0. The van der Waals surface area contributed by atoms with Crippen molar-refractivity contribution in [3.05, 3.63) is 118 Å². The van der Waals surface area contributed by atoms with Gasteiger partial charge < -0.3 is 19.3 Å². The summed E-state index contributed by atoms with van der Waals surface area (Å²) in [5, 5.41) is 9.60. The standard InChI is InChI=1S/C17H18O3.C16H16O3.4C2H6/c1-12(18)16-11-14(6-9-17(16)20-3)10-13-4-7-15(19-2)8-5-13;1-11(17)15-10-13(5-8-16(15)18)9-12-3-6-14(19-2)7-4-12;4*1-2/h4-9,11H,10H2,1-3H3;3-8,10,18H,9H2,1-2H3;4*1-2H3. The summed E-state index contributed by atoms with van der Waals surface area (Å²) < 4.78 is 15.5. The van der Waals surface area contributed by atoms with E-state index in [0.717, 1.165) is 34.6 Å². The molecule has 4 aromatic carbocycles. The van der Waals surface area contributed by atoms with Crippen molar-refractivity contribution in [1.29, 1.82) is 0 Å². The van der Waals surface area contributed by atoms with Gasteiger partial charge in [0.1, 0.15) is 23.0 Å². The van der Waals surface area contributed by atoms with Crippen molar-refractivity contribution < 1.29 is 28.9 Å². The number of rotatable bonds is 9. The summed E-state index contributed by atoms with van der Waals surface area (Å²) in [6, 6.07) is 26.5. The van der Waals surface area contributed by atoms with E-state index in [9.17, 15) is 14.7 Å². The third kappa shape index (κ3) is 16.0. The van der Waals surface area contributed by atoms with Gasteiger partial charge in [-0.2, -0.15) is 0 Å². The zero-order valence-corrected chi connectivity index (χ0v) is 31.0. The Kier molecular flexibility index (Phi) is 25.2. The lowest BCUT2D eigenvalue weighted by molar-refractivity contribution is 0.100. The minimum absolute atomic E-state index is 0.0124. The van der Waals surface area contributed by atoms with Gasteiger partial charge in [0.2, 0.25) is 0 Å². The summed E-state index contributed by atoms with van der Waals surface area (Å²) in [6.45, 7) is 19.0. The Labute approximate surface area is 284 Å². The van der Waals surface area contributed by atoms with E-state index >= 15 is 0 Å². The Morgan fingerprint density at radius 3 is 1.17 bits per heavy atom. The number of Topliss-reactive ketones (excluding diaryl/α,β-unsaturated/α-hetero) is 2. The molecule has 1 N–H and O–H groups in total. The fourth-order valence-electron chi connectivity index (χ4n) is 4.07. The molecule has 0 atom stereocenters. The molecule has 0 bridgehead atoms. The average molecular weight is 647 g/mol. The van der Waals surface area contributed by atoms with Crippen LogP contribution in [0.15, 0.2) is 84.9 Å². The van der Waals surface area contributed by atoms with Crippen molar-refractivity contribution >= 4 is 11.6 Å². The molecule has 4 rings (SSSR count). The Balaban J connectivity index is 0. The highest BCUT2D eigenvalue weighted by molar-refractivity contribution is 5.97. The lowest BCUT2D eigenvalue weighted by atomic mass is 10.0. The molecular weight excluding hydrogens is 588 g/mol. The van der Waals surface area contributed by atoms with Crippen LogP contribution < -0.4 is 14.2 Å². The Morgan fingerprint density at radius 2 is 0.830 bits per heavy atom. The van der Waals surface area contributed by atoms with Crippen molar-refractivity contribution in [2.45, 2.75) is 82.1 Å². The first kappa shape index (κ1) is 44.5. The molecule has 0 radical (unpaired) electrons. The number of benzene rings is 4. The summed E-state index contributed by atoms with van der Waals surface area (Å²) in [5.41, 5.74) is 5.37. The SMILES string of the molecule is CC.CC.CC.CC.COc1ccc(Cc2ccc(O)c(C(C)=O)c2)cc1.COc1ccc(Cc2ccc(OC)c(C(C)=O)c2)cc1. The third-order valence-corrected chi connectivity index (χ3v) is 6.22. The lowest BCUT2D eigenvalue weighted by Gasteiger charge is -2.09. The molecule has 4 aromatic rings. The fourth-order valence-corrected chi connectivity index (χ4v) is 4.07. The van der Waals surface area contributed by atoms with Crippen molar-refractivity contribution in [1.82, 2.24) is 0 Å². The van der Waals surface area contributed by atoms with Crippen molar-refractivity contribution in [3.63, 3.8) is 0 Å². The van der Waals surface area contributed by atoms with Crippen molar-refractivity contribution in [3.8, 4) is 23.0 Å². The Bertz CT molecular complexity index is 1410. The molecule has 0 heterocycles. The first-order valence-electron chi connectivity index (χ1n) is 16.5. The van der Waals surface area contributed by atoms with Gasteiger partial charge in [-0.05, 0) is 97.5 Å². The number of carbonyl (C=O) groups excluding carboxylic acids is 2. The monoisotopic (exact) mass is 646 g/mol. The minimum atomic E-state index is -0.130. The van der Waals surface area contributed by atoms with Gasteiger partial charge in [-0.1, -0.05) is 91.8 Å². The molecule has 0 unspecified atom stereocenters. The minimum Gasteiger partial charge on any atom is -0.507 e. The predicted octanol–water partition coefficient (Wildman–Crippen LogP) is 10.8. The van der Waals surface area contributed by atoms with E-state index in [2.05, 4.69) is 0 Å².